The summed E-state index contributed by atoms with van der Waals surface area (Å²) < 4.78 is 10.5. The van der Waals surface area contributed by atoms with Crippen LogP contribution in [0.15, 0.2) is 72.8 Å². The number of benzene rings is 3. The van der Waals surface area contributed by atoms with Crippen molar-refractivity contribution in [3.05, 3.63) is 88.9 Å². The first-order chi connectivity index (χ1) is 16.0. The van der Waals surface area contributed by atoms with E-state index in [-0.39, 0.29) is 17.2 Å². The third-order valence-electron chi connectivity index (χ3n) is 5.32. The van der Waals surface area contributed by atoms with E-state index in [1.165, 1.54) is 0 Å². The van der Waals surface area contributed by atoms with Crippen LogP contribution in [0.3, 0.4) is 0 Å². The molecule has 0 aromatic heterocycles. The Hall–Kier alpha value is -3.16. The van der Waals surface area contributed by atoms with E-state index >= 15 is 0 Å². The molecule has 3 aromatic rings. The molecule has 0 unspecified atom stereocenters. The Kier molecular flexibility index (Phi) is 7.11. The average molecular weight is 484 g/mol. The van der Waals surface area contributed by atoms with E-state index in [0.717, 1.165) is 22.6 Å². The van der Waals surface area contributed by atoms with Gasteiger partial charge in [-0.3, -0.25) is 4.79 Å². The van der Waals surface area contributed by atoms with Gasteiger partial charge in [-0.15, -0.1) is 11.8 Å². The molecule has 0 saturated carbocycles. The lowest BCUT2D eigenvalue weighted by atomic mass is 9.92. The Morgan fingerprint density at radius 1 is 1.00 bits per heavy atom. The van der Waals surface area contributed by atoms with Crippen LogP contribution in [-0.4, -0.2) is 35.9 Å². The second kappa shape index (κ2) is 10.2. The summed E-state index contributed by atoms with van der Waals surface area (Å²) in [5.74, 6) is 0.942. The zero-order valence-electron chi connectivity index (χ0n) is 17.8. The maximum absolute atomic E-state index is 13.2. The third kappa shape index (κ3) is 5.26. The average Bonchev–Trinajstić information content (AvgIpc) is 2.83. The van der Waals surface area contributed by atoms with Gasteiger partial charge in [0.15, 0.2) is 6.61 Å². The second-order valence-electron chi connectivity index (χ2n) is 7.46. The number of carbonyl (C=O) groups is 2. The van der Waals surface area contributed by atoms with Crippen molar-refractivity contribution in [2.75, 3.05) is 18.6 Å². The van der Waals surface area contributed by atoms with Gasteiger partial charge in [0.25, 0.3) is 0 Å². The summed E-state index contributed by atoms with van der Waals surface area (Å²) in [6.07, 6.45) is 0. The Morgan fingerprint density at radius 3 is 2.24 bits per heavy atom. The highest BCUT2D eigenvalue weighted by atomic mass is 35.5. The van der Waals surface area contributed by atoms with Crippen molar-refractivity contribution in [3.63, 3.8) is 0 Å². The van der Waals surface area contributed by atoms with Crippen molar-refractivity contribution in [3.8, 4) is 11.5 Å². The number of ether oxygens (including phenoxy) is 2. The Labute approximate surface area is 201 Å². The number of methoxy groups -OCH3 is 1. The molecule has 1 aliphatic heterocycles. The van der Waals surface area contributed by atoms with Gasteiger partial charge >= 0.3 is 5.97 Å². The molecule has 0 aliphatic carbocycles. The molecule has 0 spiro atoms. The minimum absolute atomic E-state index is 0.0343. The Balaban J connectivity index is 1.55. The second-order valence-corrected chi connectivity index (χ2v) is 9.03. The van der Waals surface area contributed by atoms with Crippen LogP contribution in [0.25, 0.3) is 0 Å². The van der Waals surface area contributed by atoms with Crippen LogP contribution in [-0.2, 0) is 15.3 Å². The topological polar surface area (TPSA) is 76.1 Å². The Bertz CT molecular complexity index is 1120. The van der Waals surface area contributed by atoms with E-state index in [0.29, 0.717) is 16.5 Å². The van der Waals surface area contributed by atoms with E-state index in [1.807, 2.05) is 48.5 Å². The standard InChI is InChI=1S/C25H22ClNO5S/c1-31-20-10-2-16(3-11-20)15-33-24-23(17-4-12-21(13-5-17)32-14-22(28)29)27(25(24)30)19-8-6-18(26)7-9-19/h2-13,23-24H,14-15H2,1H3,(H,28,29)/t23-,24-/m1/s1. The van der Waals surface area contributed by atoms with E-state index in [1.54, 1.807) is 48.0 Å². The van der Waals surface area contributed by atoms with Gasteiger partial charge in [0, 0.05) is 16.5 Å². The molecule has 8 heteroatoms. The number of amides is 1. The molecule has 4 rings (SSSR count). The van der Waals surface area contributed by atoms with Crippen molar-refractivity contribution < 1.29 is 24.2 Å². The van der Waals surface area contributed by atoms with Crippen molar-refractivity contribution in [1.29, 1.82) is 0 Å². The number of rotatable bonds is 9. The number of β-lactam (4-membered cyclic amide) rings is 1. The van der Waals surface area contributed by atoms with Crippen LogP contribution in [0, 0.1) is 0 Å². The lowest BCUT2D eigenvalue weighted by molar-refractivity contribution is -0.139. The van der Waals surface area contributed by atoms with Crippen molar-refractivity contribution in [2.45, 2.75) is 17.0 Å². The molecule has 6 nitrogen and oxygen atoms in total. The molecule has 1 heterocycles. The summed E-state index contributed by atoms with van der Waals surface area (Å²) in [5, 5.41) is 9.15. The first-order valence-corrected chi connectivity index (χ1v) is 11.7. The van der Waals surface area contributed by atoms with Gasteiger partial charge in [-0.1, -0.05) is 35.9 Å². The zero-order chi connectivity index (χ0) is 23.4. The highest BCUT2D eigenvalue weighted by Gasteiger charge is 2.49. The number of hydrogen-bond acceptors (Lipinski definition) is 5. The molecule has 1 N–H and O–H groups in total. The van der Waals surface area contributed by atoms with Crippen LogP contribution in [0.4, 0.5) is 5.69 Å². The fourth-order valence-corrected chi connectivity index (χ4v) is 5.06. The normalized spacial score (nSPS) is 17.4. The zero-order valence-corrected chi connectivity index (χ0v) is 19.4. The van der Waals surface area contributed by atoms with Crippen LogP contribution < -0.4 is 14.4 Å². The first-order valence-electron chi connectivity index (χ1n) is 10.2. The number of aliphatic carboxylic acids is 1. The Morgan fingerprint density at radius 2 is 1.64 bits per heavy atom. The molecule has 0 radical (unpaired) electrons. The third-order valence-corrected chi connectivity index (χ3v) is 6.89. The van der Waals surface area contributed by atoms with Gasteiger partial charge in [0.2, 0.25) is 5.91 Å². The fourth-order valence-electron chi connectivity index (χ4n) is 3.65. The molecule has 1 saturated heterocycles. The summed E-state index contributed by atoms with van der Waals surface area (Å²) in [5.41, 5.74) is 2.83. The molecule has 1 amide bonds. The lowest BCUT2D eigenvalue weighted by Gasteiger charge is -2.47. The van der Waals surface area contributed by atoms with E-state index in [2.05, 4.69) is 0 Å². The number of carboxylic acid groups (broad SMARTS) is 1. The molecule has 1 aliphatic rings. The molecular weight excluding hydrogens is 462 g/mol. The van der Waals surface area contributed by atoms with Crippen LogP contribution in [0.1, 0.15) is 17.2 Å². The number of carboxylic acids is 1. The summed E-state index contributed by atoms with van der Waals surface area (Å²) in [6.45, 7) is -0.404. The number of halogens is 1. The van der Waals surface area contributed by atoms with Crippen LogP contribution in [0.2, 0.25) is 5.02 Å². The summed E-state index contributed by atoms with van der Waals surface area (Å²) in [4.78, 5) is 25.7. The van der Waals surface area contributed by atoms with Crippen molar-refractivity contribution in [2.24, 2.45) is 0 Å². The molecule has 2 atom stereocenters. The van der Waals surface area contributed by atoms with Gasteiger partial charge in [0.1, 0.15) is 16.7 Å². The number of thioether (sulfide) groups is 1. The quantitative estimate of drug-likeness (QED) is 0.421. The monoisotopic (exact) mass is 483 g/mol. The van der Waals surface area contributed by atoms with Gasteiger partial charge < -0.3 is 19.5 Å². The molecule has 170 valence electrons. The minimum Gasteiger partial charge on any atom is -0.497 e. The van der Waals surface area contributed by atoms with Gasteiger partial charge in [0.05, 0.1) is 13.2 Å². The molecule has 3 aromatic carbocycles. The van der Waals surface area contributed by atoms with Gasteiger partial charge in [-0.2, -0.15) is 0 Å². The largest absolute Gasteiger partial charge is 0.497 e. The minimum atomic E-state index is -1.03. The maximum Gasteiger partial charge on any atom is 0.341 e. The SMILES string of the molecule is COc1ccc(CS[C@H]2C(=O)N(c3ccc(Cl)cc3)[C@@H]2c2ccc(OCC(=O)O)cc2)cc1. The predicted molar refractivity (Wildman–Crippen MR) is 129 cm³/mol. The smallest absolute Gasteiger partial charge is 0.341 e. The molecular formula is C25H22ClNO5S. The number of anilines is 1. The van der Waals surface area contributed by atoms with Gasteiger partial charge in [-0.05, 0) is 59.7 Å². The van der Waals surface area contributed by atoms with Crippen molar-refractivity contribution >= 4 is 40.9 Å². The van der Waals surface area contributed by atoms with E-state index < -0.39 is 12.6 Å². The summed E-state index contributed by atoms with van der Waals surface area (Å²) in [6, 6.07) is 22.0. The number of hydrogen-bond donors (Lipinski definition) is 1. The predicted octanol–water partition coefficient (Wildman–Crippen LogP) is 5.20. The lowest BCUT2D eigenvalue weighted by Crippen LogP contribution is -2.57. The van der Waals surface area contributed by atoms with Gasteiger partial charge in [-0.25, -0.2) is 4.79 Å². The van der Waals surface area contributed by atoms with Crippen LogP contribution >= 0.6 is 23.4 Å². The highest BCUT2D eigenvalue weighted by Crippen LogP contribution is 2.46. The molecule has 33 heavy (non-hydrogen) atoms. The summed E-state index contributed by atoms with van der Waals surface area (Å²) >= 11 is 7.63. The molecule has 1 fully saturated rings. The highest BCUT2D eigenvalue weighted by molar-refractivity contribution is 8.00. The number of nitrogens with zero attached hydrogens (tertiary/aromatic N) is 1. The first kappa shape index (κ1) is 23.0. The van der Waals surface area contributed by atoms with Crippen molar-refractivity contribution in [1.82, 2.24) is 0 Å². The van der Waals surface area contributed by atoms with E-state index in [4.69, 9.17) is 26.2 Å². The maximum atomic E-state index is 13.2. The van der Waals surface area contributed by atoms with Crippen LogP contribution in [0.5, 0.6) is 11.5 Å². The molecule has 0 bridgehead atoms. The fraction of sp³-hybridized carbons (Fsp3) is 0.200. The summed E-state index contributed by atoms with van der Waals surface area (Å²) in [7, 11) is 1.63. The van der Waals surface area contributed by atoms with E-state index in [9.17, 15) is 9.59 Å². The number of carbonyl (C=O) groups excluding carboxylic acids is 1.